The molecule has 1 amide bonds. The molecule has 7 heteroatoms. The number of nitrogens with one attached hydrogen (secondary N) is 2. The van der Waals surface area contributed by atoms with Gasteiger partial charge in [0, 0.05) is 5.69 Å². The van der Waals surface area contributed by atoms with Crippen molar-refractivity contribution in [3.63, 3.8) is 0 Å². The highest BCUT2D eigenvalue weighted by atomic mass is 19.4. The first-order valence-electron chi connectivity index (χ1n) is 6.60. The molecule has 0 unspecified atom stereocenters. The molecular formula is C15H15F3N2O2. The molecule has 0 aliphatic rings. The van der Waals surface area contributed by atoms with Crippen LogP contribution < -0.4 is 10.6 Å². The summed E-state index contributed by atoms with van der Waals surface area (Å²) in [5.41, 5.74) is -0.530. The molecule has 0 aliphatic heterocycles. The van der Waals surface area contributed by atoms with E-state index < -0.39 is 11.7 Å². The second-order valence-electron chi connectivity index (χ2n) is 4.74. The van der Waals surface area contributed by atoms with Crippen molar-refractivity contribution < 1.29 is 22.4 Å². The molecule has 1 atom stereocenters. The van der Waals surface area contributed by atoms with Gasteiger partial charge in [0.2, 0.25) is 5.91 Å². The molecule has 2 rings (SSSR count). The van der Waals surface area contributed by atoms with Crippen LogP contribution in [-0.2, 0) is 11.0 Å². The number of anilines is 1. The van der Waals surface area contributed by atoms with E-state index in [4.69, 9.17) is 4.42 Å². The zero-order chi connectivity index (χ0) is 16.2. The van der Waals surface area contributed by atoms with Crippen molar-refractivity contribution in [2.24, 2.45) is 0 Å². The summed E-state index contributed by atoms with van der Waals surface area (Å²) in [4.78, 5) is 11.8. The maximum atomic E-state index is 12.6. The maximum Gasteiger partial charge on any atom is 0.416 e. The topological polar surface area (TPSA) is 54.3 Å². The van der Waals surface area contributed by atoms with E-state index in [9.17, 15) is 18.0 Å². The third-order valence-corrected chi connectivity index (χ3v) is 2.99. The summed E-state index contributed by atoms with van der Waals surface area (Å²) in [5.74, 6) is 0.258. The summed E-state index contributed by atoms with van der Waals surface area (Å²) in [6, 6.07) is 7.82. The number of hydrogen-bond donors (Lipinski definition) is 2. The van der Waals surface area contributed by atoms with Crippen LogP contribution in [0.25, 0.3) is 0 Å². The molecule has 118 valence electrons. The molecule has 2 N–H and O–H groups in total. The highest BCUT2D eigenvalue weighted by molar-refractivity contribution is 5.81. The predicted octanol–water partition coefficient (Wildman–Crippen LogP) is 3.59. The third kappa shape index (κ3) is 4.28. The van der Waals surface area contributed by atoms with E-state index in [0.717, 1.165) is 12.1 Å². The van der Waals surface area contributed by atoms with E-state index in [2.05, 4.69) is 10.6 Å². The molecule has 0 bridgehead atoms. The number of carbonyl (C=O) groups excluding carboxylic acids is 1. The van der Waals surface area contributed by atoms with Gasteiger partial charge in [-0.1, -0.05) is 6.07 Å². The van der Waals surface area contributed by atoms with Gasteiger partial charge >= 0.3 is 6.18 Å². The van der Waals surface area contributed by atoms with Crippen molar-refractivity contribution in [3.8, 4) is 0 Å². The number of benzene rings is 1. The van der Waals surface area contributed by atoms with Crippen LogP contribution in [0.1, 0.15) is 24.3 Å². The molecule has 22 heavy (non-hydrogen) atoms. The van der Waals surface area contributed by atoms with E-state index in [0.29, 0.717) is 5.76 Å². The monoisotopic (exact) mass is 312 g/mol. The first-order valence-corrected chi connectivity index (χ1v) is 6.60. The molecule has 0 spiro atoms. The van der Waals surface area contributed by atoms with E-state index >= 15 is 0 Å². The Morgan fingerprint density at radius 1 is 1.27 bits per heavy atom. The summed E-state index contributed by atoms with van der Waals surface area (Å²) in [6.07, 6.45) is -2.91. The average Bonchev–Trinajstić information content (AvgIpc) is 2.99. The highest BCUT2D eigenvalue weighted by Gasteiger charge is 2.30. The third-order valence-electron chi connectivity index (χ3n) is 2.99. The van der Waals surface area contributed by atoms with Gasteiger partial charge in [0.1, 0.15) is 5.76 Å². The van der Waals surface area contributed by atoms with Gasteiger partial charge in [-0.25, -0.2) is 0 Å². The molecule has 1 aromatic heterocycles. The fourth-order valence-electron chi connectivity index (χ4n) is 1.89. The summed E-state index contributed by atoms with van der Waals surface area (Å²) >= 11 is 0. The lowest BCUT2D eigenvalue weighted by molar-refractivity contribution is -0.137. The normalized spacial score (nSPS) is 12.7. The van der Waals surface area contributed by atoms with Gasteiger partial charge in [-0.3, -0.25) is 4.79 Å². The molecular weight excluding hydrogens is 297 g/mol. The minimum absolute atomic E-state index is 0.133. The maximum absolute atomic E-state index is 12.6. The van der Waals surface area contributed by atoms with Crippen molar-refractivity contribution in [1.82, 2.24) is 5.32 Å². The molecule has 2 aromatic rings. The van der Waals surface area contributed by atoms with Crippen LogP contribution in [0.15, 0.2) is 47.1 Å². The van der Waals surface area contributed by atoms with Crippen LogP contribution in [0.4, 0.5) is 18.9 Å². The largest absolute Gasteiger partial charge is 0.467 e. The minimum Gasteiger partial charge on any atom is -0.467 e. The molecule has 0 fully saturated rings. The number of halogens is 3. The van der Waals surface area contributed by atoms with Gasteiger partial charge in [-0.05, 0) is 37.3 Å². The summed E-state index contributed by atoms with van der Waals surface area (Å²) in [6.45, 7) is 1.62. The second-order valence-corrected chi connectivity index (χ2v) is 4.74. The van der Waals surface area contributed by atoms with Crippen LogP contribution in [0, 0.1) is 0 Å². The predicted molar refractivity (Wildman–Crippen MR) is 75.2 cm³/mol. The van der Waals surface area contributed by atoms with Crippen LogP contribution in [0.3, 0.4) is 0 Å². The summed E-state index contributed by atoms with van der Waals surface area (Å²) in [5, 5.41) is 5.34. The Hall–Kier alpha value is -2.44. The Kier molecular flexibility index (Phi) is 4.75. The molecule has 0 aliphatic carbocycles. The average molecular weight is 312 g/mol. The lowest BCUT2D eigenvalue weighted by Crippen LogP contribution is -2.31. The zero-order valence-corrected chi connectivity index (χ0v) is 11.8. The van der Waals surface area contributed by atoms with Gasteiger partial charge in [-0.2, -0.15) is 13.2 Å². The van der Waals surface area contributed by atoms with Crippen molar-refractivity contribution in [2.75, 3.05) is 11.9 Å². The smallest absolute Gasteiger partial charge is 0.416 e. The number of alkyl halides is 3. The number of furan rings is 1. The summed E-state index contributed by atoms with van der Waals surface area (Å²) in [7, 11) is 0. The van der Waals surface area contributed by atoms with Crippen molar-refractivity contribution >= 4 is 11.6 Å². The Balaban J connectivity index is 1.89. The molecule has 1 aromatic carbocycles. The molecule has 0 saturated carbocycles. The number of rotatable bonds is 5. The van der Waals surface area contributed by atoms with E-state index in [1.165, 1.54) is 18.4 Å². The first kappa shape index (κ1) is 15.9. The summed E-state index contributed by atoms with van der Waals surface area (Å²) < 4.78 is 42.9. The fourth-order valence-corrected chi connectivity index (χ4v) is 1.89. The fraction of sp³-hybridized carbons (Fsp3) is 0.267. The Morgan fingerprint density at radius 2 is 2.05 bits per heavy atom. The van der Waals surface area contributed by atoms with Gasteiger partial charge < -0.3 is 15.1 Å². The van der Waals surface area contributed by atoms with Crippen molar-refractivity contribution in [3.05, 3.63) is 54.0 Å². The van der Waals surface area contributed by atoms with Crippen molar-refractivity contribution in [2.45, 2.75) is 19.1 Å². The van der Waals surface area contributed by atoms with Gasteiger partial charge in [-0.15, -0.1) is 0 Å². The lowest BCUT2D eigenvalue weighted by atomic mass is 10.2. The standard InChI is InChI=1S/C15H15F3N2O2/c1-10(13-6-3-7-22-13)20-14(21)9-19-12-5-2-4-11(8-12)15(16,17)18/h2-8,10,19H,9H2,1H3,(H,20,21)/t10-/m1/s1. The highest BCUT2D eigenvalue weighted by Crippen LogP contribution is 2.30. The zero-order valence-electron chi connectivity index (χ0n) is 11.8. The van der Waals surface area contributed by atoms with Crippen LogP contribution in [0.2, 0.25) is 0 Å². The second kappa shape index (κ2) is 6.55. The van der Waals surface area contributed by atoms with Crippen LogP contribution >= 0.6 is 0 Å². The molecule has 0 saturated heterocycles. The minimum atomic E-state index is -4.41. The van der Waals surface area contributed by atoms with E-state index in [1.54, 1.807) is 19.1 Å². The van der Waals surface area contributed by atoms with E-state index in [-0.39, 0.29) is 24.2 Å². The van der Waals surface area contributed by atoms with Gasteiger partial charge in [0.25, 0.3) is 0 Å². The number of carbonyl (C=O) groups is 1. The molecule has 1 heterocycles. The number of hydrogen-bond acceptors (Lipinski definition) is 3. The SMILES string of the molecule is C[C@@H](NC(=O)CNc1cccc(C(F)(F)F)c1)c1ccco1. The quantitative estimate of drug-likeness (QED) is 0.887. The Labute approximate surface area is 125 Å². The van der Waals surface area contributed by atoms with Crippen LogP contribution in [0.5, 0.6) is 0 Å². The van der Waals surface area contributed by atoms with Crippen molar-refractivity contribution in [1.29, 1.82) is 0 Å². The lowest BCUT2D eigenvalue weighted by Gasteiger charge is -2.13. The molecule has 4 nitrogen and oxygen atoms in total. The van der Waals surface area contributed by atoms with Crippen LogP contribution in [-0.4, -0.2) is 12.5 Å². The van der Waals surface area contributed by atoms with Gasteiger partial charge in [0.15, 0.2) is 0 Å². The van der Waals surface area contributed by atoms with Gasteiger partial charge in [0.05, 0.1) is 24.4 Å². The van der Waals surface area contributed by atoms with E-state index in [1.807, 2.05) is 0 Å². The first-order chi connectivity index (χ1) is 10.4. The Morgan fingerprint density at radius 3 is 2.68 bits per heavy atom. The number of amides is 1. The molecule has 0 radical (unpaired) electrons. The Bertz CT molecular complexity index is 624.